The van der Waals surface area contributed by atoms with Gasteiger partial charge in [0.15, 0.2) is 11.7 Å². The molecule has 1 heterocycles. The fraction of sp³-hybridized carbons (Fsp3) is 0.0526. The molecule has 0 saturated carbocycles. The van der Waals surface area contributed by atoms with Gasteiger partial charge in [0.1, 0.15) is 11.3 Å². The van der Waals surface area contributed by atoms with Crippen molar-refractivity contribution in [3.63, 3.8) is 0 Å². The molecule has 0 spiro atoms. The normalized spacial score (nSPS) is 15.5. The van der Waals surface area contributed by atoms with Gasteiger partial charge in [-0.15, -0.1) is 0 Å². The number of nitrogens with one attached hydrogen (secondary N) is 1. The number of ether oxygens (including phenoxy) is 1. The predicted molar refractivity (Wildman–Crippen MR) is 111 cm³/mol. The summed E-state index contributed by atoms with van der Waals surface area (Å²) in [5, 5.41) is 2.55. The van der Waals surface area contributed by atoms with E-state index in [0.29, 0.717) is 17.0 Å². The van der Waals surface area contributed by atoms with Crippen LogP contribution in [0.3, 0.4) is 0 Å². The van der Waals surface area contributed by atoms with Crippen molar-refractivity contribution < 1.29 is 19.1 Å². The summed E-state index contributed by atoms with van der Waals surface area (Å²) < 4.78 is 6.03. The van der Waals surface area contributed by atoms with E-state index in [4.69, 9.17) is 22.7 Å². The summed E-state index contributed by atoms with van der Waals surface area (Å²) in [5.74, 6) is -1.24. The van der Waals surface area contributed by atoms with Crippen molar-refractivity contribution in [1.29, 1.82) is 0 Å². The lowest BCUT2D eigenvalue weighted by Crippen LogP contribution is -2.54. The Hall–Kier alpha value is -3.04. The highest BCUT2D eigenvalue weighted by molar-refractivity contribution is 9.10. The number of rotatable bonds is 5. The van der Waals surface area contributed by atoms with Gasteiger partial charge in [-0.1, -0.05) is 28.1 Å². The fourth-order valence-electron chi connectivity index (χ4n) is 2.46. The zero-order chi connectivity index (χ0) is 20.3. The molecule has 2 aromatic rings. The number of carbonyl (C=O) groups excluding carboxylic acids is 3. The van der Waals surface area contributed by atoms with Gasteiger partial charge < -0.3 is 10.5 Å². The lowest BCUT2D eigenvalue weighted by atomic mass is 10.1. The Bertz CT molecular complexity index is 987. The van der Waals surface area contributed by atoms with Gasteiger partial charge in [-0.25, -0.2) is 0 Å². The second kappa shape index (κ2) is 8.32. The van der Waals surface area contributed by atoms with Gasteiger partial charge in [0, 0.05) is 4.47 Å². The topological polar surface area (TPSA) is 102 Å². The highest BCUT2D eigenvalue weighted by Crippen LogP contribution is 2.24. The van der Waals surface area contributed by atoms with Gasteiger partial charge in [0.05, 0.1) is 5.69 Å². The third-order valence-corrected chi connectivity index (χ3v) is 4.57. The molecule has 0 unspecified atom stereocenters. The minimum atomic E-state index is -0.584. The number of hydrogen-bond acceptors (Lipinski definition) is 5. The predicted octanol–water partition coefficient (Wildman–Crippen LogP) is 2.14. The molecule has 1 aliphatic rings. The Morgan fingerprint density at radius 3 is 2.39 bits per heavy atom. The average Bonchev–Trinajstić information content (AvgIpc) is 2.66. The number of nitrogens with zero attached hydrogens (tertiary/aromatic N) is 1. The monoisotopic (exact) mass is 459 g/mol. The van der Waals surface area contributed by atoms with E-state index in [2.05, 4.69) is 21.2 Å². The maximum absolute atomic E-state index is 12.9. The molecule has 0 radical (unpaired) electrons. The number of hydrogen-bond donors (Lipinski definition) is 2. The lowest BCUT2D eigenvalue weighted by Gasteiger charge is -2.29. The van der Waals surface area contributed by atoms with Gasteiger partial charge in [0.2, 0.25) is 0 Å². The summed E-state index contributed by atoms with van der Waals surface area (Å²) in [6, 6.07) is 13.5. The molecule has 3 N–H and O–H groups in total. The SMILES string of the molecule is NC(=O)COc1ccc(/C=C2\C(=O)NC(=S)N(c3ccc(Br)cc3)C2=O)cc1. The van der Waals surface area contributed by atoms with Crippen molar-refractivity contribution >= 4 is 62.7 Å². The first-order valence-electron chi connectivity index (χ1n) is 8.03. The second-order valence-electron chi connectivity index (χ2n) is 5.76. The van der Waals surface area contributed by atoms with Crippen molar-refractivity contribution in [2.45, 2.75) is 0 Å². The number of primary amides is 1. The van der Waals surface area contributed by atoms with Crippen molar-refractivity contribution in [1.82, 2.24) is 5.32 Å². The molecule has 7 nitrogen and oxygen atoms in total. The molecule has 1 fully saturated rings. The Morgan fingerprint density at radius 2 is 1.79 bits per heavy atom. The van der Waals surface area contributed by atoms with Crippen LogP contribution in [0.2, 0.25) is 0 Å². The standard InChI is InChI=1S/C19H14BrN3O4S/c20-12-3-5-13(6-4-12)23-18(26)15(17(25)22-19(23)28)9-11-1-7-14(8-2-11)27-10-16(21)24/h1-9H,10H2,(H2,21,24)(H,22,25,28)/b15-9+. The quantitative estimate of drug-likeness (QED) is 0.405. The van der Waals surface area contributed by atoms with Crippen molar-refractivity contribution in [3.05, 3.63) is 64.1 Å². The molecule has 3 amide bonds. The van der Waals surface area contributed by atoms with E-state index < -0.39 is 17.7 Å². The molecular weight excluding hydrogens is 446 g/mol. The van der Waals surface area contributed by atoms with Crippen LogP contribution < -0.4 is 20.7 Å². The molecule has 0 atom stereocenters. The summed E-state index contributed by atoms with van der Waals surface area (Å²) in [6.07, 6.45) is 1.46. The van der Waals surface area contributed by atoms with E-state index in [1.807, 2.05) is 0 Å². The van der Waals surface area contributed by atoms with Crippen LogP contribution in [-0.4, -0.2) is 29.4 Å². The molecule has 1 aliphatic heterocycles. The first-order chi connectivity index (χ1) is 13.3. The second-order valence-corrected chi connectivity index (χ2v) is 7.06. The zero-order valence-corrected chi connectivity index (χ0v) is 16.7. The van der Waals surface area contributed by atoms with E-state index >= 15 is 0 Å². The van der Waals surface area contributed by atoms with Crippen LogP contribution in [0.5, 0.6) is 5.75 Å². The number of thiocarbonyl (C=S) groups is 1. The van der Waals surface area contributed by atoms with Crippen LogP contribution >= 0.6 is 28.1 Å². The summed E-state index contributed by atoms with van der Waals surface area (Å²) >= 11 is 8.50. The maximum atomic E-state index is 12.9. The number of carbonyl (C=O) groups is 3. The smallest absolute Gasteiger partial charge is 0.270 e. The summed E-state index contributed by atoms with van der Waals surface area (Å²) in [4.78, 5) is 37.2. The zero-order valence-electron chi connectivity index (χ0n) is 14.3. The first-order valence-corrected chi connectivity index (χ1v) is 9.23. The number of benzene rings is 2. The number of amides is 3. The third kappa shape index (κ3) is 4.44. The maximum Gasteiger partial charge on any atom is 0.270 e. The number of anilines is 1. The third-order valence-electron chi connectivity index (χ3n) is 3.76. The van der Waals surface area contributed by atoms with E-state index in [1.165, 1.54) is 11.0 Å². The molecular formula is C19H14BrN3O4S. The molecule has 0 bridgehead atoms. The van der Waals surface area contributed by atoms with Crippen LogP contribution in [-0.2, 0) is 14.4 Å². The van der Waals surface area contributed by atoms with E-state index in [9.17, 15) is 14.4 Å². The van der Waals surface area contributed by atoms with E-state index in [0.717, 1.165) is 4.47 Å². The van der Waals surface area contributed by atoms with Crippen LogP contribution in [0.15, 0.2) is 58.6 Å². The molecule has 3 rings (SSSR count). The first kappa shape index (κ1) is 19.7. The molecule has 28 heavy (non-hydrogen) atoms. The molecule has 0 aliphatic carbocycles. The number of halogens is 1. The van der Waals surface area contributed by atoms with E-state index in [1.54, 1.807) is 48.5 Å². The summed E-state index contributed by atoms with van der Waals surface area (Å²) in [6.45, 7) is -0.235. The average molecular weight is 460 g/mol. The Kier molecular flexibility index (Phi) is 5.86. The van der Waals surface area contributed by atoms with Gasteiger partial charge in [-0.2, -0.15) is 0 Å². The fourth-order valence-corrected chi connectivity index (χ4v) is 3.01. The van der Waals surface area contributed by atoms with Gasteiger partial charge in [0.25, 0.3) is 17.7 Å². The molecule has 0 aromatic heterocycles. The summed E-state index contributed by atoms with van der Waals surface area (Å²) in [7, 11) is 0. The van der Waals surface area contributed by atoms with Crippen molar-refractivity contribution in [3.8, 4) is 5.75 Å². The molecule has 142 valence electrons. The molecule has 1 saturated heterocycles. The Labute approximate surface area is 174 Å². The van der Waals surface area contributed by atoms with Crippen molar-refractivity contribution in [2.75, 3.05) is 11.5 Å². The minimum Gasteiger partial charge on any atom is -0.484 e. The minimum absolute atomic E-state index is 0.0182. The highest BCUT2D eigenvalue weighted by Gasteiger charge is 2.34. The number of nitrogens with two attached hydrogens (primary N) is 1. The van der Waals surface area contributed by atoms with Crippen LogP contribution in [0.1, 0.15) is 5.56 Å². The Morgan fingerprint density at radius 1 is 1.14 bits per heavy atom. The van der Waals surface area contributed by atoms with Crippen LogP contribution in [0, 0.1) is 0 Å². The lowest BCUT2D eigenvalue weighted by molar-refractivity contribution is -0.122. The highest BCUT2D eigenvalue weighted by atomic mass is 79.9. The molecule has 2 aromatic carbocycles. The largest absolute Gasteiger partial charge is 0.484 e. The summed E-state index contributed by atoms with van der Waals surface area (Å²) in [5.41, 5.74) is 6.12. The molecule has 9 heteroatoms. The van der Waals surface area contributed by atoms with Crippen LogP contribution in [0.25, 0.3) is 6.08 Å². The van der Waals surface area contributed by atoms with Gasteiger partial charge >= 0.3 is 0 Å². The van der Waals surface area contributed by atoms with Gasteiger partial charge in [-0.3, -0.25) is 24.6 Å². The Balaban J connectivity index is 1.86. The van der Waals surface area contributed by atoms with Gasteiger partial charge in [-0.05, 0) is 60.3 Å². The van der Waals surface area contributed by atoms with Crippen molar-refractivity contribution in [2.24, 2.45) is 5.73 Å². The van der Waals surface area contributed by atoms with Crippen LogP contribution in [0.4, 0.5) is 5.69 Å². The van der Waals surface area contributed by atoms with E-state index in [-0.39, 0.29) is 17.3 Å².